The van der Waals surface area contributed by atoms with Gasteiger partial charge in [-0.15, -0.1) is 0 Å². The van der Waals surface area contributed by atoms with Gasteiger partial charge in [0.1, 0.15) is 40.6 Å². The number of phenols is 3. The van der Waals surface area contributed by atoms with Crippen LogP contribution in [-0.2, 0) is 12.8 Å². The van der Waals surface area contributed by atoms with Gasteiger partial charge in [-0.05, 0) is 53.3 Å². The first-order chi connectivity index (χ1) is 17.2. The summed E-state index contributed by atoms with van der Waals surface area (Å²) in [6.45, 7) is 3.59. The summed E-state index contributed by atoms with van der Waals surface area (Å²) in [5.74, 6) is -0.602. The molecule has 1 aromatic heterocycles. The highest BCUT2D eigenvalue weighted by Crippen LogP contribution is 2.39. The molecular weight excluding hydrogens is 464 g/mol. The zero-order valence-electron chi connectivity index (χ0n) is 20.0. The monoisotopic (exact) mass is 492 g/mol. The molecule has 0 aliphatic carbocycles. The number of aliphatic hydroxyl groups is 1. The lowest BCUT2D eigenvalue weighted by atomic mass is 9.93. The standard InChI is InChI=1S/C28H28O8/c1-15(2)8-17-11-19(12-18(25(17)32)9-16-4-3-5-20(30)10-16)28-27(34)26(33)24-22(35-7-6-29)13-21(31)14-23(24)36-28/h3-5,10-15,29-32,34H,6-9H2,1-2H3. The number of hydrogen-bond donors (Lipinski definition) is 5. The molecule has 8 nitrogen and oxygen atoms in total. The number of benzene rings is 3. The van der Waals surface area contributed by atoms with Crippen LogP contribution in [0.25, 0.3) is 22.3 Å². The van der Waals surface area contributed by atoms with Crippen LogP contribution >= 0.6 is 0 Å². The second-order valence-electron chi connectivity index (χ2n) is 9.09. The van der Waals surface area contributed by atoms with E-state index in [1.165, 1.54) is 12.1 Å². The fourth-order valence-electron chi connectivity index (χ4n) is 4.23. The maximum absolute atomic E-state index is 13.1. The average molecular weight is 493 g/mol. The highest BCUT2D eigenvalue weighted by Gasteiger charge is 2.22. The molecule has 8 heteroatoms. The molecule has 4 aromatic rings. The third-order valence-corrected chi connectivity index (χ3v) is 5.73. The molecule has 188 valence electrons. The van der Waals surface area contributed by atoms with Gasteiger partial charge < -0.3 is 34.7 Å². The minimum absolute atomic E-state index is 0.00578. The lowest BCUT2D eigenvalue weighted by molar-refractivity contribution is 0.202. The molecule has 0 aliphatic heterocycles. The Labute approximate surface area is 207 Å². The molecule has 3 aromatic carbocycles. The van der Waals surface area contributed by atoms with Gasteiger partial charge in [-0.3, -0.25) is 4.79 Å². The van der Waals surface area contributed by atoms with Crippen molar-refractivity contribution in [2.24, 2.45) is 5.92 Å². The van der Waals surface area contributed by atoms with Gasteiger partial charge in [0, 0.05) is 24.1 Å². The van der Waals surface area contributed by atoms with Crippen LogP contribution in [0, 0.1) is 5.92 Å². The smallest absolute Gasteiger partial charge is 0.238 e. The van der Waals surface area contributed by atoms with Crippen LogP contribution in [0.4, 0.5) is 0 Å². The summed E-state index contributed by atoms with van der Waals surface area (Å²) in [5, 5.41) is 50.8. The van der Waals surface area contributed by atoms with E-state index >= 15 is 0 Å². The fourth-order valence-corrected chi connectivity index (χ4v) is 4.23. The summed E-state index contributed by atoms with van der Waals surface area (Å²) in [7, 11) is 0. The topological polar surface area (TPSA) is 141 Å². The van der Waals surface area contributed by atoms with E-state index in [1.807, 2.05) is 19.9 Å². The van der Waals surface area contributed by atoms with Crippen LogP contribution < -0.4 is 10.2 Å². The molecule has 0 radical (unpaired) electrons. The van der Waals surface area contributed by atoms with Crippen molar-refractivity contribution in [3.8, 4) is 40.1 Å². The molecule has 36 heavy (non-hydrogen) atoms. The van der Waals surface area contributed by atoms with E-state index in [0.717, 1.165) is 5.56 Å². The molecular formula is C28H28O8. The first-order valence-corrected chi connectivity index (χ1v) is 11.6. The lowest BCUT2D eigenvalue weighted by Gasteiger charge is -2.16. The number of aliphatic hydroxyl groups excluding tert-OH is 1. The van der Waals surface area contributed by atoms with Gasteiger partial charge in [0.05, 0.1) is 6.61 Å². The Kier molecular flexibility index (Phi) is 7.07. The van der Waals surface area contributed by atoms with E-state index in [-0.39, 0.29) is 65.3 Å². The SMILES string of the molecule is CC(C)Cc1cc(-c2oc3cc(O)cc(OCCO)c3c(=O)c2O)cc(Cc2cccc(O)c2)c1O. The summed E-state index contributed by atoms with van der Waals surface area (Å²) < 4.78 is 11.3. The van der Waals surface area contributed by atoms with Gasteiger partial charge in [0.25, 0.3) is 0 Å². The number of fused-ring (bicyclic) bond motifs is 1. The van der Waals surface area contributed by atoms with Gasteiger partial charge in [0.15, 0.2) is 5.76 Å². The van der Waals surface area contributed by atoms with Crippen molar-refractivity contribution < 1.29 is 34.7 Å². The summed E-state index contributed by atoms with van der Waals surface area (Å²) in [6.07, 6.45) is 0.822. The van der Waals surface area contributed by atoms with Crippen molar-refractivity contribution >= 4 is 11.0 Å². The first kappa shape index (κ1) is 24.9. The number of aromatic hydroxyl groups is 4. The molecule has 0 saturated carbocycles. The first-order valence-electron chi connectivity index (χ1n) is 11.6. The number of hydrogen-bond acceptors (Lipinski definition) is 8. The van der Waals surface area contributed by atoms with Crippen molar-refractivity contribution in [1.29, 1.82) is 0 Å². The molecule has 0 saturated heterocycles. The molecule has 1 heterocycles. The summed E-state index contributed by atoms with van der Waals surface area (Å²) in [6, 6.07) is 12.4. The van der Waals surface area contributed by atoms with Crippen LogP contribution in [0.3, 0.4) is 0 Å². The Balaban J connectivity index is 1.92. The Morgan fingerprint density at radius 2 is 1.67 bits per heavy atom. The molecule has 4 rings (SSSR count). The highest BCUT2D eigenvalue weighted by atomic mass is 16.5. The molecule has 0 fully saturated rings. The van der Waals surface area contributed by atoms with Crippen molar-refractivity contribution in [3.63, 3.8) is 0 Å². The predicted molar refractivity (Wildman–Crippen MR) is 135 cm³/mol. The van der Waals surface area contributed by atoms with Crippen molar-refractivity contribution in [2.45, 2.75) is 26.7 Å². The zero-order valence-corrected chi connectivity index (χ0v) is 20.0. The summed E-state index contributed by atoms with van der Waals surface area (Å²) in [4.78, 5) is 13.1. The van der Waals surface area contributed by atoms with Crippen molar-refractivity contribution in [2.75, 3.05) is 13.2 Å². The van der Waals surface area contributed by atoms with Crippen molar-refractivity contribution in [1.82, 2.24) is 0 Å². The Hall–Kier alpha value is -4.17. The summed E-state index contributed by atoms with van der Waals surface area (Å²) in [5.41, 5.74) is 1.51. The normalized spacial score (nSPS) is 11.3. The third-order valence-electron chi connectivity index (χ3n) is 5.73. The predicted octanol–water partition coefficient (Wildman–Crippen LogP) is 4.44. The second kappa shape index (κ2) is 10.2. The molecule has 0 spiro atoms. The van der Waals surface area contributed by atoms with Crippen LogP contribution in [-0.4, -0.2) is 38.7 Å². The fraction of sp³-hybridized carbons (Fsp3) is 0.250. The molecule has 0 aliphatic rings. The van der Waals surface area contributed by atoms with E-state index in [9.17, 15) is 25.2 Å². The number of phenolic OH excluding ortho intramolecular Hbond substituents is 3. The molecule has 0 bridgehead atoms. The lowest BCUT2D eigenvalue weighted by Crippen LogP contribution is -2.08. The van der Waals surface area contributed by atoms with Crippen molar-refractivity contribution in [3.05, 3.63) is 75.4 Å². The second-order valence-corrected chi connectivity index (χ2v) is 9.09. The molecule has 0 atom stereocenters. The minimum atomic E-state index is -0.757. The average Bonchev–Trinajstić information content (AvgIpc) is 2.81. The van der Waals surface area contributed by atoms with Gasteiger partial charge in [-0.25, -0.2) is 0 Å². The maximum atomic E-state index is 13.1. The van der Waals surface area contributed by atoms with E-state index < -0.39 is 11.2 Å². The van der Waals surface area contributed by atoms with Crippen LogP contribution in [0.2, 0.25) is 0 Å². The third kappa shape index (κ3) is 5.08. The molecule has 5 N–H and O–H groups in total. The number of rotatable bonds is 8. The van der Waals surface area contributed by atoms with Gasteiger partial charge in [-0.1, -0.05) is 26.0 Å². The van der Waals surface area contributed by atoms with Crippen LogP contribution in [0.15, 0.2) is 57.7 Å². The Morgan fingerprint density at radius 1 is 0.917 bits per heavy atom. The largest absolute Gasteiger partial charge is 0.508 e. The summed E-state index contributed by atoms with van der Waals surface area (Å²) >= 11 is 0. The highest BCUT2D eigenvalue weighted by molar-refractivity contribution is 5.88. The molecule has 0 unspecified atom stereocenters. The van der Waals surface area contributed by atoms with Gasteiger partial charge in [0.2, 0.25) is 11.2 Å². The maximum Gasteiger partial charge on any atom is 0.238 e. The minimum Gasteiger partial charge on any atom is -0.508 e. The zero-order chi connectivity index (χ0) is 26.0. The van der Waals surface area contributed by atoms with E-state index in [0.29, 0.717) is 23.1 Å². The van der Waals surface area contributed by atoms with Gasteiger partial charge in [-0.2, -0.15) is 0 Å². The van der Waals surface area contributed by atoms with Crippen LogP contribution in [0.1, 0.15) is 30.5 Å². The Bertz CT molecular complexity index is 1470. The van der Waals surface area contributed by atoms with Crippen LogP contribution in [0.5, 0.6) is 28.7 Å². The number of ether oxygens (including phenoxy) is 1. The van der Waals surface area contributed by atoms with E-state index in [1.54, 1.807) is 30.3 Å². The van der Waals surface area contributed by atoms with E-state index in [4.69, 9.17) is 14.3 Å². The Morgan fingerprint density at radius 3 is 2.36 bits per heavy atom. The van der Waals surface area contributed by atoms with Gasteiger partial charge >= 0.3 is 0 Å². The molecule has 0 amide bonds. The van der Waals surface area contributed by atoms with E-state index in [2.05, 4.69) is 0 Å². The quantitative estimate of drug-likeness (QED) is 0.243.